The molecule has 1 aromatic carbocycles. The number of carbonyl (C=O) groups is 1. The minimum Gasteiger partial charge on any atom is -0.506 e. The third-order valence-corrected chi connectivity index (χ3v) is 2.83. The third-order valence-electron chi connectivity index (χ3n) is 2.39. The minimum atomic E-state index is -0.0796. The number of phenols is 1. The Morgan fingerprint density at radius 3 is 2.82 bits per heavy atom. The van der Waals surface area contributed by atoms with Crippen LogP contribution in [0.5, 0.6) is 5.75 Å². The van der Waals surface area contributed by atoms with E-state index in [4.69, 9.17) is 23.8 Å². The molecule has 1 saturated carbocycles. The van der Waals surface area contributed by atoms with E-state index >= 15 is 0 Å². The molecule has 17 heavy (non-hydrogen) atoms. The van der Waals surface area contributed by atoms with Crippen molar-refractivity contribution < 1.29 is 9.90 Å². The van der Waals surface area contributed by atoms with Gasteiger partial charge in [0.05, 0.1) is 5.69 Å². The minimum absolute atomic E-state index is 0.0254. The molecule has 90 valence electrons. The lowest BCUT2D eigenvalue weighted by Gasteiger charge is -2.10. The van der Waals surface area contributed by atoms with Gasteiger partial charge in [-0.15, -0.1) is 0 Å². The summed E-state index contributed by atoms with van der Waals surface area (Å²) >= 11 is 10.7. The van der Waals surface area contributed by atoms with Crippen LogP contribution >= 0.6 is 23.8 Å². The molecule has 0 aromatic heterocycles. The summed E-state index contributed by atoms with van der Waals surface area (Å²) in [6.07, 6.45) is 1.83. The standard InChI is InChI=1S/C11H11ClN2O2S/c12-7-3-4-9(15)8(5-7)13-11(17)14-10(16)6-1-2-6/h3-6,15H,1-2H2,(H2,13,14,16,17). The van der Waals surface area contributed by atoms with Crippen LogP contribution in [0.4, 0.5) is 5.69 Å². The number of aromatic hydroxyl groups is 1. The summed E-state index contributed by atoms with van der Waals surface area (Å²) in [5.41, 5.74) is 0.374. The number of hydrogen-bond donors (Lipinski definition) is 3. The second kappa shape index (κ2) is 4.89. The summed E-state index contributed by atoms with van der Waals surface area (Å²) in [7, 11) is 0. The number of rotatable bonds is 2. The molecular formula is C11H11ClN2O2S. The molecule has 1 aliphatic rings. The van der Waals surface area contributed by atoms with Crippen molar-refractivity contribution in [2.24, 2.45) is 5.92 Å². The van der Waals surface area contributed by atoms with Crippen molar-refractivity contribution in [2.75, 3.05) is 5.32 Å². The van der Waals surface area contributed by atoms with E-state index < -0.39 is 0 Å². The van der Waals surface area contributed by atoms with Crippen LogP contribution in [0.15, 0.2) is 18.2 Å². The van der Waals surface area contributed by atoms with Crippen LogP contribution in [-0.4, -0.2) is 16.1 Å². The van der Waals surface area contributed by atoms with Crippen molar-refractivity contribution in [2.45, 2.75) is 12.8 Å². The van der Waals surface area contributed by atoms with E-state index in [9.17, 15) is 9.90 Å². The Bertz CT molecular complexity index is 475. The van der Waals surface area contributed by atoms with Crippen LogP contribution in [0.3, 0.4) is 0 Å². The summed E-state index contributed by atoms with van der Waals surface area (Å²) in [6.45, 7) is 0. The van der Waals surface area contributed by atoms with Gasteiger partial charge in [-0.3, -0.25) is 4.79 Å². The van der Waals surface area contributed by atoms with Crippen LogP contribution in [0.25, 0.3) is 0 Å². The molecule has 1 fully saturated rings. The van der Waals surface area contributed by atoms with Gasteiger partial charge in [-0.2, -0.15) is 0 Å². The second-order valence-corrected chi connectivity index (χ2v) is 4.72. The molecule has 0 unspecified atom stereocenters. The average molecular weight is 271 g/mol. The highest BCUT2D eigenvalue weighted by Gasteiger charge is 2.30. The number of hydrogen-bond acceptors (Lipinski definition) is 3. The molecule has 4 nitrogen and oxygen atoms in total. The molecule has 0 atom stereocenters. The molecule has 0 spiro atoms. The molecule has 0 radical (unpaired) electrons. The monoisotopic (exact) mass is 270 g/mol. The van der Waals surface area contributed by atoms with Crippen molar-refractivity contribution in [1.82, 2.24) is 5.32 Å². The van der Waals surface area contributed by atoms with Crippen LogP contribution in [0.2, 0.25) is 5.02 Å². The van der Waals surface area contributed by atoms with E-state index in [2.05, 4.69) is 10.6 Å². The fourth-order valence-corrected chi connectivity index (χ4v) is 1.70. The number of carbonyl (C=O) groups excluding carboxylic acids is 1. The number of anilines is 1. The molecule has 0 aliphatic heterocycles. The Kier molecular flexibility index (Phi) is 3.49. The summed E-state index contributed by atoms with van der Waals surface area (Å²) in [5, 5.41) is 15.5. The SMILES string of the molecule is O=C(NC(=S)Nc1cc(Cl)ccc1O)C1CC1. The Hall–Kier alpha value is -1.33. The van der Waals surface area contributed by atoms with E-state index in [1.165, 1.54) is 12.1 Å². The zero-order valence-electron chi connectivity index (χ0n) is 8.87. The fourth-order valence-electron chi connectivity index (χ4n) is 1.32. The number of halogens is 1. The molecule has 1 aromatic rings. The molecule has 0 saturated heterocycles. The molecule has 3 N–H and O–H groups in total. The molecule has 0 bridgehead atoms. The first-order valence-corrected chi connectivity index (χ1v) is 5.95. The first-order valence-electron chi connectivity index (χ1n) is 5.16. The predicted octanol–water partition coefficient (Wildman–Crippen LogP) is 2.27. The van der Waals surface area contributed by atoms with Gasteiger partial charge < -0.3 is 15.7 Å². The van der Waals surface area contributed by atoms with Crippen LogP contribution in [0.1, 0.15) is 12.8 Å². The van der Waals surface area contributed by atoms with E-state index in [1.807, 2.05) is 0 Å². The highest BCUT2D eigenvalue weighted by Crippen LogP contribution is 2.29. The van der Waals surface area contributed by atoms with Gasteiger partial charge in [0.2, 0.25) is 5.91 Å². The Morgan fingerprint density at radius 2 is 2.18 bits per heavy atom. The van der Waals surface area contributed by atoms with Crippen LogP contribution in [0, 0.1) is 5.92 Å². The zero-order chi connectivity index (χ0) is 12.4. The average Bonchev–Trinajstić information content (AvgIpc) is 3.06. The first kappa shape index (κ1) is 12.1. The van der Waals surface area contributed by atoms with Crippen LogP contribution in [-0.2, 0) is 4.79 Å². The van der Waals surface area contributed by atoms with E-state index in [0.717, 1.165) is 12.8 Å². The van der Waals surface area contributed by atoms with Crippen molar-refractivity contribution in [3.63, 3.8) is 0 Å². The summed E-state index contributed by atoms with van der Waals surface area (Å²) < 4.78 is 0. The van der Waals surface area contributed by atoms with Gasteiger partial charge in [-0.05, 0) is 43.3 Å². The topological polar surface area (TPSA) is 61.4 Å². The number of thiocarbonyl (C=S) groups is 1. The Balaban J connectivity index is 1.97. The largest absolute Gasteiger partial charge is 0.506 e. The lowest BCUT2D eigenvalue weighted by atomic mass is 10.3. The van der Waals surface area contributed by atoms with Crippen molar-refractivity contribution in [3.8, 4) is 5.75 Å². The van der Waals surface area contributed by atoms with E-state index in [0.29, 0.717) is 10.7 Å². The number of phenolic OH excluding ortho intramolecular Hbond substituents is 1. The molecular weight excluding hydrogens is 260 g/mol. The second-order valence-electron chi connectivity index (χ2n) is 3.88. The van der Waals surface area contributed by atoms with Crippen LogP contribution < -0.4 is 10.6 Å². The molecule has 0 heterocycles. The highest BCUT2D eigenvalue weighted by molar-refractivity contribution is 7.80. The maximum Gasteiger partial charge on any atom is 0.229 e. The summed E-state index contributed by atoms with van der Waals surface area (Å²) in [5.74, 6) is 0.0316. The predicted molar refractivity (Wildman–Crippen MR) is 70.2 cm³/mol. The number of benzene rings is 1. The van der Waals surface area contributed by atoms with Gasteiger partial charge in [0.25, 0.3) is 0 Å². The maximum absolute atomic E-state index is 11.4. The van der Waals surface area contributed by atoms with Crippen molar-refractivity contribution in [1.29, 1.82) is 0 Å². The summed E-state index contributed by atoms with van der Waals surface area (Å²) in [4.78, 5) is 11.4. The molecule has 2 rings (SSSR count). The Labute approximate surface area is 109 Å². The van der Waals surface area contributed by atoms with E-state index in [1.54, 1.807) is 6.07 Å². The Morgan fingerprint density at radius 1 is 1.47 bits per heavy atom. The summed E-state index contributed by atoms with van der Waals surface area (Å²) in [6, 6.07) is 4.55. The fraction of sp³-hybridized carbons (Fsp3) is 0.273. The third kappa shape index (κ3) is 3.31. The van der Waals surface area contributed by atoms with Gasteiger partial charge in [-0.25, -0.2) is 0 Å². The normalized spacial score (nSPS) is 14.2. The molecule has 6 heteroatoms. The maximum atomic E-state index is 11.4. The van der Waals surface area contributed by atoms with E-state index in [-0.39, 0.29) is 22.7 Å². The van der Waals surface area contributed by atoms with Gasteiger partial charge in [0.15, 0.2) is 5.11 Å². The lowest BCUT2D eigenvalue weighted by molar-refractivity contribution is -0.120. The molecule has 1 aliphatic carbocycles. The lowest BCUT2D eigenvalue weighted by Crippen LogP contribution is -2.35. The van der Waals surface area contributed by atoms with Gasteiger partial charge in [-0.1, -0.05) is 11.6 Å². The van der Waals surface area contributed by atoms with Crippen molar-refractivity contribution in [3.05, 3.63) is 23.2 Å². The highest BCUT2D eigenvalue weighted by atomic mass is 35.5. The quantitative estimate of drug-likeness (QED) is 0.570. The molecule has 1 amide bonds. The smallest absolute Gasteiger partial charge is 0.229 e. The van der Waals surface area contributed by atoms with Gasteiger partial charge >= 0.3 is 0 Å². The first-order chi connectivity index (χ1) is 8.06. The van der Waals surface area contributed by atoms with Gasteiger partial charge in [0.1, 0.15) is 5.75 Å². The van der Waals surface area contributed by atoms with Gasteiger partial charge in [0, 0.05) is 10.9 Å². The zero-order valence-corrected chi connectivity index (χ0v) is 10.4. The van der Waals surface area contributed by atoms with Crippen molar-refractivity contribution >= 4 is 40.5 Å². The number of amides is 1. The number of nitrogens with one attached hydrogen (secondary N) is 2.